The molecule has 4 heteroatoms. The third-order valence-corrected chi connectivity index (χ3v) is 2.07. The number of nitrogens with zero attached hydrogens (tertiary/aromatic N) is 1. The first-order valence-electron chi connectivity index (χ1n) is 4.71. The Morgan fingerprint density at radius 1 is 1.57 bits per heavy atom. The van der Waals surface area contributed by atoms with Gasteiger partial charge in [0.15, 0.2) is 0 Å². The van der Waals surface area contributed by atoms with Gasteiger partial charge in [0.2, 0.25) is 0 Å². The van der Waals surface area contributed by atoms with Crippen molar-refractivity contribution in [3.8, 4) is 6.07 Å². The van der Waals surface area contributed by atoms with E-state index in [4.69, 9.17) is 10.4 Å². The Hall–Kier alpha value is -0.0400. The van der Waals surface area contributed by atoms with Crippen LogP contribution in [-0.4, -0.2) is 40.6 Å². The Kier molecular flexibility index (Phi) is 11.1. The fourth-order valence-corrected chi connectivity index (χ4v) is 1.49. The Labute approximate surface area is 108 Å². The fourth-order valence-electron chi connectivity index (χ4n) is 1.49. The predicted octanol–water partition coefficient (Wildman–Crippen LogP) is 1.78. The zero-order valence-corrected chi connectivity index (χ0v) is 8.29. The summed E-state index contributed by atoms with van der Waals surface area (Å²) in [6.07, 6.45) is 2.84. The summed E-state index contributed by atoms with van der Waals surface area (Å²) in [6, 6.07) is 2.04. The molecule has 0 rings (SSSR count). The van der Waals surface area contributed by atoms with Gasteiger partial charge in [-0.05, 0) is 12.3 Å². The van der Waals surface area contributed by atoms with Crippen molar-refractivity contribution < 1.29 is 9.90 Å². The van der Waals surface area contributed by atoms with E-state index in [-0.39, 0.29) is 41.9 Å². The molecule has 1 unspecified atom stereocenters. The van der Waals surface area contributed by atoms with Crippen molar-refractivity contribution >= 4 is 35.5 Å². The number of carboxylic acid groups (broad SMARTS) is 1. The number of hydrogen-bond acceptors (Lipinski definition) is 2. The van der Waals surface area contributed by atoms with Crippen LogP contribution in [0.3, 0.4) is 0 Å². The molecular formula is C10H18NNaO2. The first-order chi connectivity index (χ1) is 6.10. The number of nitriles is 1. The van der Waals surface area contributed by atoms with Crippen molar-refractivity contribution in [3.63, 3.8) is 0 Å². The van der Waals surface area contributed by atoms with Gasteiger partial charge in [-0.3, -0.25) is 4.79 Å². The van der Waals surface area contributed by atoms with Crippen molar-refractivity contribution in [1.82, 2.24) is 0 Å². The maximum atomic E-state index is 10.4. The van der Waals surface area contributed by atoms with Crippen LogP contribution in [0.4, 0.5) is 0 Å². The summed E-state index contributed by atoms with van der Waals surface area (Å²) in [6.45, 7) is 4.16. The normalized spacial score (nSPS) is 13.5. The molecule has 3 nitrogen and oxygen atoms in total. The maximum absolute atomic E-state index is 10.4. The zero-order valence-electron chi connectivity index (χ0n) is 8.29. The molecule has 1 N–H and O–H groups in total. The second-order valence-corrected chi connectivity index (χ2v) is 3.55. The van der Waals surface area contributed by atoms with Crippen molar-refractivity contribution in [2.75, 3.05) is 0 Å². The summed E-state index contributed by atoms with van der Waals surface area (Å²) in [5.41, 5.74) is 0. The van der Waals surface area contributed by atoms with Crippen LogP contribution in [-0.2, 0) is 4.79 Å². The van der Waals surface area contributed by atoms with Crippen molar-refractivity contribution in [2.24, 2.45) is 11.8 Å². The van der Waals surface area contributed by atoms with E-state index in [0.717, 1.165) is 12.8 Å². The third-order valence-electron chi connectivity index (χ3n) is 2.07. The van der Waals surface area contributed by atoms with Crippen molar-refractivity contribution in [1.29, 1.82) is 5.26 Å². The monoisotopic (exact) mass is 207 g/mol. The summed E-state index contributed by atoms with van der Waals surface area (Å²) >= 11 is 0. The number of aliphatic carboxylic acids is 1. The summed E-state index contributed by atoms with van der Waals surface area (Å²) in [7, 11) is 0. The molecule has 0 aromatic heterocycles. The van der Waals surface area contributed by atoms with Gasteiger partial charge in [0.1, 0.15) is 0 Å². The van der Waals surface area contributed by atoms with Gasteiger partial charge in [0, 0.05) is 0 Å². The average Bonchev–Trinajstić information content (AvgIpc) is 2.02. The summed E-state index contributed by atoms with van der Waals surface area (Å²) in [5.74, 6) is -0.747. The van der Waals surface area contributed by atoms with Gasteiger partial charge in [-0.15, -0.1) is 0 Å². The average molecular weight is 207 g/mol. The van der Waals surface area contributed by atoms with Crippen LogP contribution in [0.15, 0.2) is 0 Å². The molecule has 0 saturated carbocycles. The molecule has 0 aliphatic heterocycles. The molecule has 0 radical (unpaired) electrons. The zero-order chi connectivity index (χ0) is 10.3. The molecule has 0 aliphatic rings. The number of hydrogen-bond donors (Lipinski definition) is 1. The Morgan fingerprint density at radius 2 is 2.14 bits per heavy atom. The summed E-state index contributed by atoms with van der Waals surface area (Å²) in [4.78, 5) is 10.4. The van der Waals surface area contributed by atoms with E-state index in [1.165, 1.54) is 0 Å². The van der Waals surface area contributed by atoms with Gasteiger partial charge in [-0.2, -0.15) is 5.26 Å². The molecule has 0 spiro atoms. The van der Waals surface area contributed by atoms with E-state index in [1.807, 2.05) is 6.07 Å². The minimum atomic E-state index is -0.879. The van der Waals surface area contributed by atoms with Gasteiger partial charge in [-0.25, -0.2) is 0 Å². The van der Waals surface area contributed by atoms with Gasteiger partial charge in [-0.1, -0.05) is 26.7 Å². The van der Waals surface area contributed by atoms with E-state index in [1.54, 1.807) is 0 Å². The molecule has 0 saturated heterocycles. The second kappa shape index (κ2) is 9.51. The first-order valence-corrected chi connectivity index (χ1v) is 4.71. The minimum absolute atomic E-state index is 0. The van der Waals surface area contributed by atoms with Gasteiger partial charge < -0.3 is 5.11 Å². The molecule has 2 atom stereocenters. The van der Waals surface area contributed by atoms with E-state index in [0.29, 0.717) is 12.3 Å². The van der Waals surface area contributed by atoms with Crippen molar-refractivity contribution in [3.05, 3.63) is 0 Å². The topological polar surface area (TPSA) is 61.1 Å². The molecule has 0 fully saturated rings. The van der Waals surface area contributed by atoms with Crippen LogP contribution in [0.1, 0.15) is 39.5 Å². The van der Waals surface area contributed by atoms with E-state index in [2.05, 4.69) is 13.8 Å². The molecule has 76 valence electrons. The predicted molar refractivity (Wildman–Crippen MR) is 57.2 cm³/mol. The van der Waals surface area contributed by atoms with Gasteiger partial charge in [0.05, 0.1) is 18.4 Å². The van der Waals surface area contributed by atoms with E-state index in [9.17, 15) is 4.79 Å². The molecule has 14 heavy (non-hydrogen) atoms. The molecular weight excluding hydrogens is 189 g/mol. The van der Waals surface area contributed by atoms with Crippen LogP contribution in [0.5, 0.6) is 0 Å². The molecule has 0 aromatic rings. The van der Waals surface area contributed by atoms with Crippen LogP contribution >= 0.6 is 0 Å². The van der Waals surface area contributed by atoms with Crippen molar-refractivity contribution in [2.45, 2.75) is 39.5 Å². The number of carbonyl (C=O) groups is 1. The summed E-state index contributed by atoms with van der Waals surface area (Å²) < 4.78 is 0. The SMILES string of the molecule is CCC[C@@H](C)CC(C#N)CC(=O)O.[NaH]. The first kappa shape index (κ1) is 16.4. The van der Waals surface area contributed by atoms with Gasteiger partial charge >= 0.3 is 35.5 Å². The second-order valence-electron chi connectivity index (χ2n) is 3.55. The van der Waals surface area contributed by atoms with Crippen LogP contribution in [0.25, 0.3) is 0 Å². The van der Waals surface area contributed by atoms with E-state index < -0.39 is 5.97 Å². The van der Waals surface area contributed by atoms with Crippen LogP contribution in [0.2, 0.25) is 0 Å². The van der Waals surface area contributed by atoms with Crippen LogP contribution < -0.4 is 0 Å². The number of rotatable bonds is 6. The summed E-state index contributed by atoms with van der Waals surface area (Å²) in [5, 5.41) is 17.2. The number of carboxylic acids is 1. The molecule has 0 aliphatic carbocycles. The van der Waals surface area contributed by atoms with Gasteiger partial charge in [0.25, 0.3) is 0 Å². The molecule has 0 amide bonds. The fraction of sp³-hybridized carbons (Fsp3) is 0.800. The van der Waals surface area contributed by atoms with Crippen LogP contribution in [0, 0.1) is 23.2 Å². The third kappa shape index (κ3) is 8.55. The quantitative estimate of drug-likeness (QED) is 0.675. The Morgan fingerprint density at radius 3 is 2.50 bits per heavy atom. The Bertz CT molecular complexity index is 201. The van der Waals surface area contributed by atoms with E-state index >= 15 is 0 Å². The molecule has 0 heterocycles. The standard InChI is InChI=1S/C10H17NO2.Na.H/c1-3-4-8(2)5-9(7-11)6-10(12)13;;/h8-9H,3-6H2,1-2H3,(H,12,13);;/t8-,9?;;/m1../s1. The molecule has 0 bridgehead atoms. The Balaban J connectivity index is 0. The molecule has 0 aromatic carbocycles.